The maximum Gasteiger partial charge on any atom is 0.0540 e. The van der Waals surface area contributed by atoms with Gasteiger partial charge >= 0.3 is 0 Å². The second kappa shape index (κ2) is 4.33. The molecular formula is C11H20N4. The topological polar surface area (TPSA) is 55.9 Å². The first-order valence-corrected chi connectivity index (χ1v) is 5.67. The van der Waals surface area contributed by atoms with Crippen molar-refractivity contribution >= 4 is 0 Å². The number of hydrazine groups is 1. The predicted molar refractivity (Wildman–Crippen MR) is 60.0 cm³/mol. The number of nitrogens with one attached hydrogen (secondary N) is 1. The van der Waals surface area contributed by atoms with Crippen LogP contribution in [0.1, 0.15) is 43.0 Å². The van der Waals surface area contributed by atoms with Crippen molar-refractivity contribution in [2.24, 2.45) is 18.8 Å². The number of hydrogen-bond donors (Lipinski definition) is 2. The fraction of sp³-hybridized carbons (Fsp3) is 0.727. The standard InChI is InChI=1S/C11H20N4/c1-8-10(7-13-15(8)2)11(14-12)6-5-9-3-4-9/h7,9,11,14H,3-6,12H2,1-2H3. The minimum Gasteiger partial charge on any atom is -0.273 e. The van der Waals surface area contributed by atoms with Gasteiger partial charge in [0, 0.05) is 24.3 Å². The van der Waals surface area contributed by atoms with Crippen molar-refractivity contribution in [3.05, 3.63) is 17.5 Å². The number of aryl methyl sites for hydroxylation is 1. The molecule has 2 rings (SSSR count). The van der Waals surface area contributed by atoms with Crippen LogP contribution in [0.5, 0.6) is 0 Å². The van der Waals surface area contributed by atoms with Gasteiger partial charge in [-0.2, -0.15) is 5.10 Å². The Labute approximate surface area is 90.8 Å². The average Bonchev–Trinajstić information content (AvgIpc) is 3.00. The smallest absolute Gasteiger partial charge is 0.0540 e. The van der Waals surface area contributed by atoms with Crippen molar-refractivity contribution in [1.82, 2.24) is 15.2 Å². The van der Waals surface area contributed by atoms with E-state index >= 15 is 0 Å². The monoisotopic (exact) mass is 208 g/mol. The lowest BCUT2D eigenvalue weighted by molar-refractivity contribution is 0.479. The molecule has 1 aromatic heterocycles. The molecule has 84 valence electrons. The summed E-state index contributed by atoms with van der Waals surface area (Å²) >= 11 is 0. The van der Waals surface area contributed by atoms with Crippen LogP contribution in [-0.4, -0.2) is 9.78 Å². The van der Waals surface area contributed by atoms with Crippen LogP contribution in [0.4, 0.5) is 0 Å². The molecular weight excluding hydrogens is 188 g/mol. The molecule has 0 amide bonds. The molecule has 0 aliphatic heterocycles. The molecule has 4 nitrogen and oxygen atoms in total. The fourth-order valence-electron chi connectivity index (χ4n) is 2.00. The average molecular weight is 208 g/mol. The summed E-state index contributed by atoms with van der Waals surface area (Å²) in [5.41, 5.74) is 5.34. The van der Waals surface area contributed by atoms with Crippen LogP contribution < -0.4 is 11.3 Å². The summed E-state index contributed by atoms with van der Waals surface area (Å²) in [6.45, 7) is 2.09. The Bertz CT molecular complexity index is 327. The van der Waals surface area contributed by atoms with Gasteiger partial charge in [0.25, 0.3) is 0 Å². The van der Waals surface area contributed by atoms with E-state index in [0.717, 1.165) is 12.3 Å². The van der Waals surface area contributed by atoms with Crippen LogP contribution in [0, 0.1) is 12.8 Å². The van der Waals surface area contributed by atoms with E-state index in [1.54, 1.807) is 0 Å². The highest BCUT2D eigenvalue weighted by Crippen LogP contribution is 2.36. The SMILES string of the molecule is Cc1c(C(CCC2CC2)NN)cnn1C. The van der Waals surface area contributed by atoms with Crippen LogP contribution >= 0.6 is 0 Å². The van der Waals surface area contributed by atoms with Gasteiger partial charge in [-0.05, 0) is 25.7 Å². The van der Waals surface area contributed by atoms with Crippen molar-refractivity contribution in [2.75, 3.05) is 0 Å². The van der Waals surface area contributed by atoms with Gasteiger partial charge in [-0.25, -0.2) is 0 Å². The zero-order valence-electron chi connectivity index (χ0n) is 9.53. The summed E-state index contributed by atoms with van der Waals surface area (Å²) in [6, 6.07) is 0.263. The second-order valence-corrected chi connectivity index (χ2v) is 4.55. The molecule has 1 heterocycles. The fourth-order valence-corrected chi connectivity index (χ4v) is 2.00. The van der Waals surface area contributed by atoms with Gasteiger partial charge in [-0.1, -0.05) is 12.8 Å². The van der Waals surface area contributed by atoms with Crippen LogP contribution in [0.15, 0.2) is 6.20 Å². The Morgan fingerprint density at radius 2 is 2.40 bits per heavy atom. The van der Waals surface area contributed by atoms with Gasteiger partial charge in [-0.3, -0.25) is 16.0 Å². The Hall–Kier alpha value is -0.870. The van der Waals surface area contributed by atoms with Crippen LogP contribution in [-0.2, 0) is 7.05 Å². The molecule has 1 aliphatic carbocycles. The molecule has 1 fully saturated rings. The quantitative estimate of drug-likeness (QED) is 0.568. The third-order valence-corrected chi connectivity index (χ3v) is 3.41. The van der Waals surface area contributed by atoms with E-state index in [1.807, 2.05) is 17.9 Å². The van der Waals surface area contributed by atoms with E-state index < -0.39 is 0 Å². The molecule has 3 N–H and O–H groups in total. The zero-order valence-corrected chi connectivity index (χ0v) is 9.53. The van der Waals surface area contributed by atoms with Crippen molar-refractivity contribution in [3.8, 4) is 0 Å². The molecule has 0 saturated heterocycles. The van der Waals surface area contributed by atoms with Gasteiger partial charge in [0.15, 0.2) is 0 Å². The third-order valence-electron chi connectivity index (χ3n) is 3.41. The largest absolute Gasteiger partial charge is 0.273 e. The summed E-state index contributed by atoms with van der Waals surface area (Å²) in [4.78, 5) is 0. The van der Waals surface area contributed by atoms with Gasteiger partial charge in [-0.15, -0.1) is 0 Å². The van der Waals surface area contributed by atoms with Crippen LogP contribution in [0.3, 0.4) is 0 Å². The number of nitrogens with two attached hydrogens (primary N) is 1. The molecule has 0 bridgehead atoms. The highest BCUT2D eigenvalue weighted by molar-refractivity contribution is 5.20. The molecule has 0 spiro atoms. The lowest BCUT2D eigenvalue weighted by Crippen LogP contribution is -2.28. The Morgan fingerprint density at radius 3 is 2.87 bits per heavy atom. The lowest BCUT2D eigenvalue weighted by Gasteiger charge is -2.15. The number of nitrogens with zero attached hydrogens (tertiary/aromatic N) is 2. The summed E-state index contributed by atoms with van der Waals surface area (Å²) in [5.74, 6) is 6.56. The Kier molecular flexibility index (Phi) is 3.07. The van der Waals surface area contributed by atoms with Crippen LogP contribution in [0.2, 0.25) is 0 Å². The van der Waals surface area contributed by atoms with Gasteiger partial charge in [0.05, 0.1) is 6.20 Å². The molecule has 1 aliphatic rings. The highest BCUT2D eigenvalue weighted by Gasteiger charge is 2.23. The van der Waals surface area contributed by atoms with Gasteiger partial charge < -0.3 is 0 Å². The normalized spacial score (nSPS) is 18.1. The summed E-state index contributed by atoms with van der Waals surface area (Å²) in [5, 5.41) is 4.25. The van der Waals surface area contributed by atoms with Gasteiger partial charge in [0.1, 0.15) is 0 Å². The van der Waals surface area contributed by atoms with E-state index in [9.17, 15) is 0 Å². The van der Waals surface area contributed by atoms with Gasteiger partial charge in [0.2, 0.25) is 0 Å². The first-order valence-electron chi connectivity index (χ1n) is 5.67. The van der Waals surface area contributed by atoms with E-state index in [-0.39, 0.29) is 6.04 Å². The molecule has 1 atom stereocenters. The van der Waals surface area contributed by atoms with E-state index in [1.165, 1.54) is 30.5 Å². The summed E-state index contributed by atoms with van der Waals surface area (Å²) < 4.78 is 1.90. The first-order chi connectivity index (χ1) is 7.22. The van der Waals surface area contributed by atoms with Crippen molar-refractivity contribution < 1.29 is 0 Å². The molecule has 1 aromatic rings. The number of hydrogen-bond acceptors (Lipinski definition) is 3. The Balaban J connectivity index is 2.00. The molecule has 0 aromatic carbocycles. The molecule has 1 saturated carbocycles. The maximum atomic E-state index is 5.60. The molecule has 15 heavy (non-hydrogen) atoms. The van der Waals surface area contributed by atoms with Crippen molar-refractivity contribution in [1.29, 1.82) is 0 Å². The zero-order chi connectivity index (χ0) is 10.8. The second-order valence-electron chi connectivity index (χ2n) is 4.55. The first kappa shape index (κ1) is 10.6. The minimum absolute atomic E-state index is 0.263. The maximum absolute atomic E-state index is 5.60. The van der Waals surface area contributed by atoms with Crippen molar-refractivity contribution in [2.45, 2.75) is 38.6 Å². The molecule has 0 radical (unpaired) electrons. The molecule has 1 unspecified atom stereocenters. The number of rotatable bonds is 5. The van der Waals surface area contributed by atoms with Crippen molar-refractivity contribution in [3.63, 3.8) is 0 Å². The number of aromatic nitrogens is 2. The minimum atomic E-state index is 0.263. The molecule has 4 heteroatoms. The lowest BCUT2D eigenvalue weighted by atomic mass is 10.0. The summed E-state index contributed by atoms with van der Waals surface area (Å²) in [7, 11) is 1.97. The summed E-state index contributed by atoms with van der Waals surface area (Å²) in [6.07, 6.45) is 7.14. The Morgan fingerprint density at radius 1 is 1.67 bits per heavy atom. The van der Waals surface area contributed by atoms with E-state index in [4.69, 9.17) is 5.84 Å². The van der Waals surface area contributed by atoms with E-state index in [0.29, 0.717) is 0 Å². The third kappa shape index (κ3) is 2.38. The predicted octanol–water partition coefficient (Wildman–Crippen LogP) is 1.42. The highest BCUT2D eigenvalue weighted by atomic mass is 15.3. The van der Waals surface area contributed by atoms with Crippen LogP contribution in [0.25, 0.3) is 0 Å². The van der Waals surface area contributed by atoms with E-state index in [2.05, 4.69) is 17.4 Å².